The number of carbonyl (C=O) groups is 1. The van der Waals surface area contributed by atoms with Crippen LogP contribution in [0.3, 0.4) is 0 Å². The number of aromatic nitrogens is 4. The second kappa shape index (κ2) is 5.83. The molecule has 0 saturated carbocycles. The summed E-state index contributed by atoms with van der Waals surface area (Å²) in [6, 6.07) is 0. The van der Waals surface area contributed by atoms with Crippen molar-refractivity contribution >= 4 is 23.7 Å². The van der Waals surface area contributed by atoms with Crippen molar-refractivity contribution < 1.29 is 9.18 Å². The Morgan fingerprint density at radius 2 is 2.30 bits per heavy atom. The first-order valence-corrected chi connectivity index (χ1v) is 6.14. The van der Waals surface area contributed by atoms with E-state index in [0.717, 1.165) is 0 Å². The van der Waals surface area contributed by atoms with Crippen LogP contribution >= 0.6 is 11.6 Å². The fourth-order valence-electron chi connectivity index (χ4n) is 1.57. The molecule has 0 radical (unpaired) electrons. The Morgan fingerprint density at radius 1 is 1.55 bits per heavy atom. The van der Waals surface area contributed by atoms with Crippen molar-refractivity contribution in [1.82, 2.24) is 25.0 Å². The molecule has 0 aliphatic carbocycles. The number of halogens is 2. The van der Waals surface area contributed by atoms with Gasteiger partial charge >= 0.3 is 0 Å². The lowest BCUT2D eigenvalue weighted by molar-refractivity contribution is 0.0946. The van der Waals surface area contributed by atoms with E-state index < -0.39 is 11.9 Å². The van der Waals surface area contributed by atoms with Crippen LogP contribution in [-0.4, -0.2) is 31.7 Å². The minimum Gasteiger partial charge on any atom is -0.266 e. The van der Waals surface area contributed by atoms with Crippen molar-refractivity contribution in [1.29, 1.82) is 0 Å². The topological polar surface area (TPSA) is 77.1 Å². The van der Waals surface area contributed by atoms with Gasteiger partial charge in [0.25, 0.3) is 5.91 Å². The summed E-state index contributed by atoms with van der Waals surface area (Å²) in [7, 11) is 1.58. The Hall–Kier alpha value is -2.22. The highest BCUT2D eigenvalue weighted by atomic mass is 35.5. The normalized spacial score (nSPS) is 11.2. The fourth-order valence-corrected chi connectivity index (χ4v) is 1.82. The number of hydrogen-bond donors (Lipinski definition) is 1. The maximum atomic E-state index is 13.6. The lowest BCUT2D eigenvalue weighted by Crippen LogP contribution is -2.21. The van der Waals surface area contributed by atoms with Crippen LogP contribution in [0.4, 0.5) is 4.39 Å². The standard InChI is InChI=1S/C11H12ClFN6O/c1-3-19-10(13)7(5-16-19)4-14-17-11(20)9-8(12)6-15-18(9)2/h4-6H,3H2,1-2H3,(H,17,20)/b14-4-. The molecule has 1 amide bonds. The van der Waals surface area contributed by atoms with Gasteiger partial charge in [-0.1, -0.05) is 11.6 Å². The first-order valence-electron chi connectivity index (χ1n) is 5.76. The van der Waals surface area contributed by atoms with E-state index in [-0.39, 0.29) is 16.3 Å². The Labute approximate surface area is 119 Å². The molecule has 0 unspecified atom stereocenters. The predicted octanol–water partition coefficient (Wildman–Crippen LogP) is 1.19. The highest BCUT2D eigenvalue weighted by Gasteiger charge is 2.14. The summed E-state index contributed by atoms with van der Waals surface area (Å²) < 4.78 is 16.1. The highest BCUT2D eigenvalue weighted by molar-refractivity contribution is 6.33. The molecule has 1 N–H and O–H groups in total. The van der Waals surface area contributed by atoms with Crippen LogP contribution in [-0.2, 0) is 13.6 Å². The molecule has 0 aromatic carbocycles. The molecule has 0 spiro atoms. The van der Waals surface area contributed by atoms with E-state index in [1.165, 1.54) is 28.0 Å². The number of hydrazone groups is 1. The summed E-state index contributed by atoms with van der Waals surface area (Å²) in [6.07, 6.45) is 3.85. The average Bonchev–Trinajstić information content (AvgIpc) is 2.93. The molecule has 0 aliphatic rings. The molecule has 0 atom stereocenters. The van der Waals surface area contributed by atoms with Crippen molar-refractivity contribution in [2.75, 3.05) is 0 Å². The molecule has 2 aromatic heterocycles. The van der Waals surface area contributed by atoms with Crippen molar-refractivity contribution in [2.24, 2.45) is 12.1 Å². The molecule has 7 nitrogen and oxygen atoms in total. The number of carbonyl (C=O) groups excluding carboxylic acids is 1. The maximum absolute atomic E-state index is 13.6. The van der Waals surface area contributed by atoms with Crippen molar-refractivity contribution in [3.05, 3.63) is 34.6 Å². The van der Waals surface area contributed by atoms with Crippen LogP contribution in [0.15, 0.2) is 17.5 Å². The van der Waals surface area contributed by atoms with Gasteiger partial charge in [-0.25, -0.2) is 10.1 Å². The Bertz CT molecular complexity index is 642. The van der Waals surface area contributed by atoms with E-state index in [2.05, 4.69) is 20.7 Å². The van der Waals surface area contributed by atoms with Crippen LogP contribution < -0.4 is 5.43 Å². The summed E-state index contributed by atoms with van der Waals surface area (Å²) in [5.41, 5.74) is 2.61. The third-order valence-electron chi connectivity index (χ3n) is 2.58. The molecular weight excluding hydrogens is 287 g/mol. The average molecular weight is 299 g/mol. The van der Waals surface area contributed by atoms with Gasteiger partial charge in [-0.15, -0.1) is 0 Å². The molecule has 2 aromatic rings. The molecule has 0 fully saturated rings. The maximum Gasteiger partial charge on any atom is 0.291 e. The third kappa shape index (κ3) is 2.69. The van der Waals surface area contributed by atoms with Crippen LogP contribution in [0, 0.1) is 5.95 Å². The van der Waals surface area contributed by atoms with E-state index in [4.69, 9.17) is 11.6 Å². The van der Waals surface area contributed by atoms with Crippen molar-refractivity contribution in [3.8, 4) is 0 Å². The van der Waals surface area contributed by atoms with Gasteiger partial charge in [-0.2, -0.15) is 19.7 Å². The smallest absolute Gasteiger partial charge is 0.266 e. The molecule has 2 heterocycles. The quantitative estimate of drug-likeness (QED) is 0.680. The van der Waals surface area contributed by atoms with E-state index >= 15 is 0 Å². The summed E-state index contributed by atoms with van der Waals surface area (Å²) in [5, 5.41) is 11.5. The van der Waals surface area contributed by atoms with Crippen molar-refractivity contribution in [2.45, 2.75) is 13.5 Å². The van der Waals surface area contributed by atoms with Gasteiger partial charge in [0.2, 0.25) is 5.95 Å². The largest absolute Gasteiger partial charge is 0.291 e. The zero-order valence-electron chi connectivity index (χ0n) is 10.8. The zero-order chi connectivity index (χ0) is 14.7. The second-order valence-corrected chi connectivity index (χ2v) is 4.28. The number of hydrogen-bond acceptors (Lipinski definition) is 4. The van der Waals surface area contributed by atoms with Crippen LogP contribution in [0.1, 0.15) is 23.0 Å². The molecule has 0 aliphatic heterocycles. The summed E-state index contributed by atoms with van der Waals surface area (Å²) in [6.45, 7) is 2.18. The molecule has 2 rings (SSSR count). The monoisotopic (exact) mass is 298 g/mol. The Balaban J connectivity index is 2.07. The molecule has 106 valence electrons. The lowest BCUT2D eigenvalue weighted by atomic mass is 10.4. The van der Waals surface area contributed by atoms with Gasteiger partial charge in [0.1, 0.15) is 5.69 Å². The van der Waals surface area contributed by atoms with Gasteiger partial charge in [0.05, 0.1) is 29.2 Å². The van der Waals surface area contributed by atoms with Gasteiger partial charge < -0.3 is 0 Å². The fraction of sp³-hybridized carbons (Fsp3) is 0.273. The van der Waals surface area contributed by atoms with Gasteiger partial charge in [-0.3, -0.25) is 9.48 Å². The summed E-state index contributed by atoms with van der Waals surface area (Å²) in [4.78, 5) is 11.8. The number of aryl methyl sites for hydroxylation is 2. The minimum atomic E-state index is -0.533. The highest BCUT2D eigenvalue weighted by Crippen LogP contribution is 2.13. The van der Waals surface area contributed by atoms with E-state index in [1.54, 1.807) is 14.0 Å². The third-order valence-corrected chi connectivity index (χ3v) is 2.86. The van der Waals surface area contributed by atoms with Gasteiger partial charge in [0.15, 0.2) is 0 Å². The van der Waals surface area contributed by atoms with Gasteiger partial charge in [0, 0.05) is 13.6 Å². The van der Waals surface area contributed by atoms with E-state index in [1.807, 2.05) is 0 Å². The van der Waals surface area contributed by atoms with Crippen molar-refractivity contribution in [3.63, 3.8) is 0 Å². The molecule has 0 saturated heterocycles. The predicted molar refractivity (Wildman–Crippen MR) is 71.1 cm³/mol. The minimum absolute atomic E-state index is 0.175. The summed E-state index contributed by atoms with van der Waals surface area (Å²) >= 11 is 5.81. The molecular formula is C11H12ClFN6O. The molecule has 0 bridgehead atoms. The lowest BCUT2D eigenvalue weighted by Gasteiger charge is -2.00. The first kappa shape index (κ1) is 14.2. The summed E-state index contributed by atoms with van der Waals surface area (Å²) in [5.74, 6) is -1.04. The first-order chi connectivity index (χ1) is 9.54. The van der Waals surface area contributed by atoms with Gasteiger partial charge in [-0.05, 0) is 6.92 Å². The Kier molecular flexibility index (Phi) is 4.14. The van der Waals surface area contributed by atoms with E-state index in [9.17, 15) is 9.18 Å². The Morgan fingerprint density at radius 3 is 2.85 bits per heavy atom. The van der Waals surface area contributed by atoms with Crippen LogP contribution in [0.25, 0.3) is 0 Å². The van der Waals surface area contributed by atoms with Crippen LogP contribution in [0.2, 0.25) is 5.02 Å². The number of amides is 1. The van der Waals surface area contributed by atoms with E-state index in [0.29, 0.717) is 6.54 Å². The number of rotatable bonds is 4. The zero-order valence-corrected chi connectivity index (χ0v) is 11.6. The van der Waals surface area contributed by atoms with Crippen LogP contribution in [0.5, 0.6) is 0 Å². The number of nitrogens with one attached hydrogen (secondary N) is 1. The molecule has 9 heteroatoms. The number of nitrogens with zero attached hydrogens (tertiary/aromatic N) is 5. The molecule has 20 heavy (non-hydrogen) atoms. The second-order valence-electron chi connectivity index (χ2n) is 3.87. The SMILES string of the molecule is CCn1ncc(/C=N\NC(=O)c2c(Cl)cnn2C)c1F.